The van der Waals surface area contributed by atoms with Gasteiger partial charge in [0.1, 0.15) is 27.8 Å². The number of hydrogen-bond acceptors (Lipinski definition) is 11. The molecule has 19 heteroatoms. The maximum absolute atomic E-state index is 13.7. The number of ether oxygens (including phenoxy) is 3. The van der Waals surface area contributed by atoms with E-state index < -0.39 is 44.4 Å². The highest BCUT2D eigenvalue weighted by Gasteiger charge is 2.35. The molecule has 0 spiro atoms. The van der Waals surface area contributed by atoms with Crippen molar-refractivity contribution < 1.29 is 45.4 Å². The minimum absolute atomic E-state index is 0.0573. The molecule has 1 N–H and O–H groups in total. The number of esters is 2. The number of aromatic nitrogens is 2. The molecule has 1 aromatic heterocycles. The van der Waals surface area contributed by atoms with E-state index in [9.17, 15) is 31.2 Å². The normalized spacial score (nSPS) is 13.6. The van der Waals surface area contributed by atoms with Crippen LogP contribution < -0.4 is 23.4 Å². The first-order chi connectivity index (χ1) is 26.7. The van der Waals surface area contributed by atoms with E-state index in [1.807, 2.05) is 0 Å². The second-order valence-corrected chi connectivity index (χ2v) is 17.1. The van der Waals surface area contributed by atoms with Crippen molar-refractivity contribution in [3.63, 3.8) is 0 Å². The SMILES string of the molecule is COc1ccc(Cl)cc1S(=O)(=O)N1CCc2ccc(C(=O)Nc3ccn(CC(=O)OC(=O)c4ccc5c(c4)N(S(=O)(=O)c4cc(Cl)ccc4OC)CC5)n3)cc21. The summed E-state index contributed by atoms with van der Waals surface area (Å²) in [6, 6.07) is 19.0. The van der Waals surface area contributed by atoms with E-state index in [0.717, 1.165) is 14.6 Å². The monoisotopic (exact) mass is 839 g/mol. The quantitative estimate of drug-likeness (QED) is 0.134. The van der Waals surface area contributed by atoms with E-state index in [0.29, 0.717) is 24.1 Å². The molecule has 0 fully saturated rings. The van der Waals surface area contributed by atoms with Crippen molar-refractivity contribution in [2.45, 2.75) is 29.2 Å². The standard InChI is InChI=1S/C37H31Cl2N5O10S2/c1-52-30-9-7-26(38)19-32(30)55(48,49)43-15-11-22-3-5-24(17-28(22)43)36(46)40-34-13-14-42(41-34)21-35(45)54-37(47)25-6-4-23-12-16-44(29(23)18-25)56(50,51)33-20-27(39)8-10-31(33)53-2/h3-10,13-14,17-20H,11-12,15-16,21H2,1-2H3,(H,40,41,46). The van der Waals surface area contributed by atoms with Crippen LogP contribution in [0.25, 0.3) is 0 Å². The van der Waals surface area contributed by atoms with Crippen molar-refractivity contribution in [2.24, 2.45) is 0 Å². The lowest BCUT2D eigenvalue weighted by molar-refractivity contribution is -0.138. The minimum atomic E-state index is -4.14. The fourth-order valence-corrected chi connectivity index (χ4v) is 10.3. The summed E-state index contributed by atoms with van der Waals surface area (Å²) in [6.07, 6.45) is 2.20. The Bertz CT molecular complexity index is 2650. The summed E-state index contributed by atoms with van der Waals surface area (Å²) in [5.74, 6) is -2.28. The van der Waals surface area contributed by atoms with Crippen LogP contribution in [-0.4, -0.2) is 71.8 Å². The fraction of sp³-hybridized carbons (Fsp3) is 0.189. The Kier molecular flexibility index (Phi) is 10.4. The average Bonchev–Trinajstić information content (AvgIpc) is 3.93. The van der Waals surface area contributed by atoms with Gasteiger partial charge in [-0.2, -0.15) is 5.10 Å². The molecule has 2 aliphatic rings. The molecule has 0 saturated heterocycles. The van der Waals surface area contributed by atoms with E-state index in [1.165, 1.54) is 85.4 Å². The number of halogens is 2. The molecular formula is C37H31Cl2N5O10S2. The van der Waals surface area contributed by atoms with Gasteiger partial charge in [0.05, 0.1) is 31.2 Å². The molecule has 15 nitrogen and oxygen atoms in total. The van der Waals surface area contributed by atoms with Gasteiger partial charge in [0.25, 0.3) is 26.0 Å². The van der Waals surface area contributed by atoms with Crippen LogP contribution in [0.3, 0.4) is 0 Å². The summed E-state index contributed by atoms with van der Waals surface area (Å²) < 4.78 is 73.8. The molecule has 5 aromatic rings. The summed E-state index contributed by atoms with van der Waals surface area (Å²) in [4.78, 5) is 38.8. The molecule has 290 valence electrons. The number of fused-ring (bicyclic) bond motifs is 2. The first-order valence-electron chi connectivity index (χ1n) is 16.8. The number of hydrogen-bond donors (Lipinski definition) is 1. The molecule has 0 unspecified atom stereocenters. The van der Waals surface area contributed by atoms with E-state index >= 15 is 0 Å². The summed E-state index contributed by atoms with van der Waals surface area (Å²) >= 11 is 12.2. The van der Waals surface area contributed by atoms with E-state index in [2.05, 4.69) is 10.4 Å². The van der Waals surface area contributed by atoms with Gasteiger partial charge in [-0.1, -0.05) is 35.3 Å². The van der Waals surface area contributed by atoms with Crippen LogP contribution in [0.1, 0.15) is 31.8 Å². The van der Waals surface area contributed by atoms with Crippen LogP contribution >= 0.6 is 23.2 Å². The molecule has 56 heavy (non-hydrogen) atoms. The summed E-state index contributed by atoms with van der Waals surface area (Å²) in [6.45, 7) is -0.247. The summed E-state index contributed by atoms with van der Waals surface area (Å²) in [7, 11) is -5.55. The lowest BCUT2D eigenvalue weighted by atomic mass is 10.1. The lowest BCUT2D eigenvalue weighted by Gasteiger charge is -2.21. The highest BCUT2D eigenvalue weighted by Crippen LogP contribution is 2.39. The summed E-state index contributed by atoms with van der Waals surface area (Å²) in [5.41, 5.74) is 2.07. The maximum Gasteiger partial charge on any atom is 0.345 e. The van der Waals surface area contributed by atoms with Gasteiger partial charge in [-0.25, -0.2) is 26.4 Å². The number of carbonyl (C=O) groups is 3. The fourth-order valence-electron chi connectivity index (χ4n) is 6.44. The van der Waals surface area contributed by atoms with Gasteiger partial charge in [-0.15, -0.1) is 0 Å². The van der Waals surface area contributed by atoms with Gasteiger partial charge in [0.2, 0.25) is 0 Å². The second-order valence-electron chi connectivity index (χ2n) is 12.5. The number of rotatable bonds is 11. The van der Waals surface area contributed by atoms with Crippen LogP contribution in [0, 0.1) is 0 Å². The number of methoxy groups -OCH3 is 2. The summed E-state index contributed by atoms with van der Waals surface area (Å²) in [5, 5.41) is 7.20. The van der Waals surface area contributed by atoms with E-state index in [4.69, 9.17) is 37.4 Å². The molecule has 0 aliphatic carbocycles. The van der Waals surface area contributed by atoms with Gasteiger partial charge in [-0.3, -0.25) is 18.1 Å². The van der Waals surface area contributed by atoms with E-state index in [-0.39, 0.29) is 67.1 Å². The largest absolute Gasteiger partial charge is 0.495 e. The lowest BCUT2D eigenvalue weighted by Crippen LogP contribution is -2.29. The third-order valence-electron chi connectivity index (χ3n) is 9.14. The van der Waals surface area contributed by atoms with Gasteiger partial charge >= 0.3 is 11.9 Å². The number of sulfonamides is 2. The van der Waals surface area contributed by atoms with Gasteiger partial charge < -0.3 is 19.5 Å². The molecular weight excluding hydrogens is 809 g/mol. The number of nitrogens with one attached hydrogen (secondary N) is 1. The van der Waals surface area contributed by atoms with Crippen LogP contribution in [0.5, 0.6) is 11.5 Å². The highest BCUT2D eigenvalue weighted by molar-refractivity contribution is 7.93. The smallest absolute Gasteiger partial charge is 0.345 e. The Morgan fingerprint density at radius 2 is 1.23 bits per heavy atom. The molecule has 1 amide bonds. The zero-order valence-electron chi connectivity index (χ0n) is 29.6. The zero-order valence-corrected chi connectivity index (χ0v) is 32.7. The van der Waals surface area contributed by atoms with Crippen LogP contribution in [0.2, 0.25) is 10.0 Å². The van der Waals surface area contributed by atoms with Crippen molar-refractivity contribution in [1.82, 2.24) is 9.78 Å². The Hall–Kier alpha value is -5.62. The van der Waals surface area contributed by atoms with Crippen LogP contribution in [-0.2, 0) is 49.0 Å². The van der Waals surface area contributed by atoms with Crippen molar-refractivity contribution >= 4 is 78.3 Å². The predicted octanol–water partition coefficient (Wildman–Crippen LogP) is 5.35. The third-order valence-corrected chi connectivity index (χ3v) is 13.3. The van der Waals surface area contributed by atoms with Crippen molar-refractivity contribution in [3.05, 3.63) is 117 Å². The third kappa shape index (κ3) is 7.37. The van der Waals surface area contributed by atoms with Gasteiger partial charge in [0, 0.05) is 41.0 Å². The highest BCUT2D eigenvalue weighted by atomic mass is 35.5. The predicted molar refractivity (Wildman–Crippen MR) is 206 cm³/mol. The van der Waals surface area contributed by atoms with Crippen LogP contribution in [0.15, 0.2) is 94.9 Å². The van der Waals surface area contributed by atoms with Crippen molar-refractivity contribution in [1.29, 1.82) is 0 Å². The minimum Gasteiger partial charge on any atom is -0.495 e. The average molecular weight is 841 g/mol. The Morgan fingerprint density at radius 3 is 1.77 bits per heavy atom. The molecule has 4 aromatic carbocycles. The zero-order chi connectivity index (χ0) is 39.9. The maximum atomic E-state index is 13.7. The van der Waals surface area contributed by atoms with Crippen molar-refractivity contribution in [2.75, 3.05) is 41.2 Å². The topological polar surface area (TPSA) is 184 Å². The molecule has 0 radical (unpaired) electrons. The second kappa shape index (κ2) is 15.1. The number of anilines is 3. The van der Waals surface area contributed by atoms with Crippen molar-refractivity contribution in [3.8, 4) is 11.5 Å². The van der Waals surface area contributed by atoms with E-state index in [1.54, 1.807) is 18.2 Å². The number of amides is 1. The molecule has 7 rings (SSSR count). The number of nitrogens with zero attached hydrogens (tertiary/aromatic N) is 4. The number of benzene rings is 4. The molecule has 0 saturated carbocycles. The molecule has 0 atom stereocenters. The molecule has 0 bridgehead atoms. The first-order valence-corrected chi connectivity index (χ1v) is 20.4. The molecule has 2 aliphatic heterocycles. The first kappa shape index (κ1) is 38.6. The van der Waals surface area contributed by atoms with Gasteiger partial charge in [0.15, 0.2) is 5.82 Å². The Morgan fingerprint density at radius 1 is 0.714 bits per heavy atom. The Balaban J connectivity index is 1.00. The van der Waals surface area contributed by atoms with Gasteiger partial charge in [-0.05, 0) is 84.6 Å². The molecule has 3 heterocycles. The van der Waals surface area contributed by atoms with Crippen LogP contribution in [0.4, 0.5) is 17.2 Å². The number of carbonyl (C=O) groups excluding carboxylic acids is 3. The Labute approximate surface area is 331 Å².